The van der Waals surface area contributed by atoms with Crippen LogP contribution in [0, 0.1) is 11.8 Å². The molecule has 2 aromatic rings. The molecule has 1 aromatic carbocycles. The summed E-state index contributed by atoms with van der Waals surface area (Å²) in [5.74, 6) is -1.24. The molecule has 2 fully saturated rings. The van der Waals surface area contributed by atoms with Crippen molar-refractivity contribution in [3.63, 3.8) is 0 Å². The van der Waals surface area contributed by atoms with Gasteiger partial charge in [-0.3, -0.25) is 9.59 Å². The Balaban J connectivity index is 1.52. The predicted octanol–water partition coefficient (Wildman–Crippen LogP) is 4.87. The number of ketones is 1. The highest BCUT2D eigenvalue weighted by Crippen LogP contribution is 2.31. The molecule has 1 N–H and O–H groups in total. The lowest BCUT2D eigenvalue weighted by Crippen LogP contribution is -2.64. The minimum Gasteiger partial charge on any atom is -0.465 e. The molecule has 0 spiro atoms. The SMILES string of the molecule is CCOC(=O)C(CN(CCc1c[nH]c2ccccc12)[N+]1(CCC2CCN(C(=O)OC(C)(C)C)CC2)CCCC1=O)C(C)=O. The highest BCUT2D eigenvalue weighted by atomic mass is 16.6. The number of benzene rings is 1. The molecule has 3 heterocycles. The zero-order chi connectivity index (χ0) is 31.2. The lowest BCUT2D eigenvalue weighted by atomic mass is 9.93. The quantitative estimate of drug-likeness (QED) is 0.211. The zero-order valence-corrected chi connectivity index (χ0v) is 26.5. The maximum atomic E-state index is 13.8. The second-order valence-corrected chi connectivity index (χ2v) is 13.0. The number of carbonyl (C=O) groups is 4. The van der Waals surface area contributed by atoms with Gasteiger partial charge < -0.3 is 19.4 Å². The van der Waals surface area contributed by atoms with Crippen LogP contribution in [0.5, 0.6) is 0 Å². The summed E-state index contributed by atoms with van der Waals surface area (Å²) in [6, 6.07) is 8.12. The van der Waals surface area contributed by atoms with Crippen LogP contribution in [-0.4, -0.2) is 94.7 Å². The van der Waals surface area contributed by atoms with Crippen LogP contribution < -0.4 is 0 Å². The summed E-state index contributed by atoms with van der Waals surface area (Å²) in [6.07, 6.45) is 6.16. The first-order chi connectivity index (χ1) is 20.4. The maximum Gasteiger partial charge on any atom is 0.410 e. The van der Waals surface area contributed by atoms with Gasteiger partial charge in [0, 0.05) is 43.0 Å². The van der Waals surface area contributed by atoms with Crippen LogP contribution >= 0.6 is 0 Å². The number of hydrogen-bond donors (Lipinski definition) is 1. The van der Waals surface area contributed by atoms with Crippen LogP contribution in [0.3, 0.4) is 0 Å². The molecule has 2 saturated heterocycles. The largest absolute Gasteiger partial charge is 0.465 e. The number of esters is 1. The van der Waals surface area contributed by atoms with Gasteiger partial charge in [0.2, 0.25) is 0 Å². The summed E-state index contributed by atoms with van der Waals surface area (Å²) in [5, 5.41) is 3.21. The molecular weight excluding hydrogens is 548 g/mol. The number of hydrogen-bond acceptors (Lipinski definition) is 7. The van der Waals surface area contributed by atoms with Gasteiger partial charge in [-0.15, -0.1) is 5.01 Å². The first-order valence-electron chi connectivity index (χ1n) is 15.8. The van der Waals surface area contributed by atoms with E-state index in [-0.39, 0.29) is 35.5 Å². The van der Waals surface area contributed by atoms with Gasteiger partial charge in [-0.05, 0) is 71.4 Å². The maximum absolute atomic E-state index is 13.8. The van der Waals surface area contributed by atoms with Gasteiger partial charge in [0.25, 0.3) is 0 Å². The molecule has 2 aliphatic heterocycles. The molecule has 0 aliphatic carbocycles. The third-order valence-electron chi connectivity index (χ3n) is 8.87. The van der Waals surface area contributed by atoms with Crippen LogP contribution in [0.1, 0.15) is 72.3 Å². The van der Waals surface area contributed by atoms with Crippen molar-refractivity contribution in [2.75, 3.05) is 45.9 Å². The van der Waals surface area contributed by atoms with E-state index in [0.717, 1.165) is 42.1 Å². The molecule has 0 bridgehead atoms. The molecule has 2 amide bonds. The first kappa shape index (κ1) is 32.7. The van der Waals surface area contributed by atoms with E-state index in [1.54, 1.807) is 11.8 Å². The number of fused-ring (bicyclic) bond motifs is 1. The number of piperidine rings is 1. The zero-order valence-electron chi connectivity index (χ0n) is 26.5. The number of para-hydroxylation sites is 1. The van der Waals surface area contributed by atoms with Crippen LogP contribution in [0.25, 0.3) is 10.9 Å². The van der Waals surface area contributed by atoms with Crippen LogP contribution in [-0.2, 0) is 30.3 Å². The van der Waals surface area contributed by atoms with E-state index in [1.807, 2.05) is 45.2 Å². The molecule has 2 unspecified atom stereocenters. The Bertz CT molecular complexity index is 1290. The van der Waals surface area contributed by atoms with Gasteiger partial charge in [-0.25, -0.2) is 9.59 Å². The fraction of sp³-hybridized carbons (Fsp3) is 0.636. The normalized spacial score (nSPS) is 20.5. The summed E-state index contributed by atoms with van der Waals surface area (Å²) in [6.45, 7) is 12.1. The van der Waals surface area contributed by atoms with Crippen molar-refractivity contribution >= 4 is 34.7 Å². The Morgan fingerprint density at radius 1 is 1.16 bits per heavy atom. The number of Topliss-reactive ketones (excluding diaryl/α,β-unsaturated/α-hetero) is 1. The number of nitrogens with one attached hydrogen (secondary N) is 1. The Morgan fingerprint density at radius 2 is 1.88 bits per heavy atom. The molecule has 4 rings (SSSR count). The Labute approximate surface area is 255 Å². The molecule has 43 heavy (non-hydrogen) atoms. The highest BCUT2D eigenvalue weighted by molar-refractivity contribution is 5.98. The summed E-state index contributed by atoms with van der Waals surface area (Å²) in [5.41, 5.74) is 1.66. The number of aromatic nitrogens is 1. The Kier molecular flexibility index (Phi) is 10.7. The summed E-state index contributed by atoms with van der Waals surface area (Å²) in [4.78, 5) is 57.0. The number of quaternary nitrogens is 1. The standard InChI is InChI=1S/C33H49N4O6/c1-6-42-31(40)28(24(2)38)23-36(19-15-26-22-34-29-11-8-7-10-27(26)29)37(20-9-12-30(37)39)21-16-25-13-17-35(18-14-25)32(41)43-33(3,4)5/h7-8,10-11,22,25,28,34H,6,9,12-21,23H2,1-5H3/q+1. The van der Waals surface area contributed by atoms with Crippen LogP contribution in [0.4, 0.5) is 4.79 Å². The minimum absolute atomic E-state index is 0.135. The molecule has 0 saturated carbocycles. The van der Waals surface area contributed by atoms with E-state index < -0.39 is 17.5 Å². The first-order valence-corrected chi connectivity index (χ1v) is 15.8. The van der Waals surface area contributed by atoms with Gasteiger partial charge in [-0.2, -0.15) is 4.59 Å². The molecule has 10 heteroatoms. The number of likely N-dealkylation sites (tertiary alicyclic amines) is 2. The van der Waals surface area contributed by atoms with Crippen molar-refractivity contribution in [2.45, 2.75) is 78.7 Å². The van der Waals surface area contributed by atoms with Gasteiger partial charge >= 0.3 is 18.0 Å². The monoisotopic (exact) mass is 597 g/mol. The van der Waals surface area contributed by atoms with E-state index in [1.165, 1.54) is 6.92 Å². The molecule has 1 aromatic heterocycles. The van der Waals surface area contributed by atoms with Gasteiger partial charge in [0.05, 0.1) is 26.1 Å². The lowest BCUT2D eigenvalue weighted by molar-refractivity contribution is -0.963. The van der Waals surface area contributed by atoms with E-state index in [0.29, 0.717) is 51.5 Å². The second-order valence-electron chi connectivity index (χ2n) is 13.0. The Hall–Kier alpha value is -3.24. The van der Waals surface area contributed by atoms with E-state index in [2.05, 4.69) is 16.1 Å². The predicted molar refractivity (Wildman–Crippen MR) is 164 cm³/mol. The van der Waals surface area contributed by atoms with Crippen LogP contribution in [0.2, 0.25) is 0 Å². The third kappa shape index (κ3) is 8.03. The Morgan fingerprint density at radius 3 is 2.51 bits per heavy atom. The smallest absolute Gasteiger partial charge is 0.410 e. The summed E-state index contributed by atoms with van der Waals surface area (Å²) in [7, 11) is 0. The van der Waals surface area contributed by atoms with Crippen molar-refractivity contribution in [2.24, 2.45) is 11.8 Å². The number of carbonyl (C=O) groups excluding carboxylic acids is 4. The van der Waals surface area contributed by atoms with Crippen molar-refractivity contribution < 1.29 is 33.2 Å². The minimum atomic E-state index is -0.955. The number of aromatic amines is 1. The van der Waals surface area contributed by atoms with Crippen molar-refractivity contribution in [1.29, 1.82) is 0 Å². The molecule has 236 valence electrons. The number of H-pyrrole nitrogens is 1. The average molecular weight is 598 g/mol. The fourth-order valence-electron chi connectivity index (χ4n) is 6.48. The molecule has 2 aliphatic rings. The fourth-order valence-corrected chi connectivity index (χ4v) is 6.48. The summed E-state index contributed by atoms with van der Waals surface area (Å²) >= 11 is 0. The van der Waals surface area contributed by atoms with E-state index in [9.17, 15) is 19.2 Å². The van der Waals surface area contributed by atoms with Gasteiger partial charge in [0.1, 0.15) is 30.4 Å². The second kappa shape index (κ2) is 14.0. The van der Waals surface area contributed by atoms with Gasteiger partial charge in [-0.1, -0.05) is 18.2 Å². The topological polar surface area (TPSA) is 109 Å². The molecule has 10 nitrogen and oxygen atoms in total. The number of ether oxygens (including phenoxy) is 2. The summed E-state index contributed by atoms with van der Waals surface area (Å²) < 4.78 is 11.0. The highest BCUT2D eigenvalue weighted by Gasteiger charge is 2.49. The average Bonchev–Trinajstić information content (AvgIpc) is 3.54. The van der Waals surface area contributed by atoms with Gasteiger partial charge in [0.15, 0.2) is 0 Å². The molecular formula is C33H49N4O6+. The van der Waals surface area contributed by atoms with E-state index >= 15 is 0 Å². The van der Waals surface area contributed by atoms with Crippen molar-refractivity contribution in [1.82, 2.24) is 14.9 Å². The lowest BCUT2D eigenvalue weighted by Gasteiger charge is -2.43. The number of amides is 2. The molecule has 2 atom stereocenters. The van der Waals surface area contributed by atoms with Crippen molar-refractivity contribution in [3.8, 4) is 0 Å². The number of nitrogens with zero attached hydrogens (tertiary/aromatic N) is 3. The number of rotatable bonds is 12. The third-order valence-corrected chi connectivity index (χ3v) is 8.87. The molecule has 0 radical (unpaired) electrons. The van der Waals surface area contributed by atoms with Crippen molar-refractivity contribution in [3.05, 3.63) is 36.0 Å². The van der Waals surface area contributed by atoms with E-state index in [4.69, 9.17) is 9.47 Å². The van der Waals surface area contributed by atoms with Crippen LogP contribution in [0.15, 0.2) is 30.5 Å².